The van der Waals surface area contributed by atoms with Crippen molar-refractivity contribution in [3.8, 4) is 0 Å². The number of rotatable bonds is 8. The fourth-order valence-corrected chi connectivity index (χ4v) is 4.18. The number of pyridine rings is 1. The summed E-state index contributed by atoms with van der Waals surface area (Å²) < 4.78 is 34.5. The van der Waals surface area contributed by atoms with Crippen LogP contribution in [0.25, 0.3) is 0 Å². The second kappa shape index (κ2) is 8.98. The molecular formula is C18H24N4O5S. The van der Waals surface area contributed by atoms with Crippen molar-refractivity contribution < 1.29 is 22.7 Å². The summed E-state index contributed by atoms with van der Waals surface area (Å²) in [4.78, 5) is 28.1. The van der Waals surface area contributed by atoms with E-state index in [2.05, 4.69) is 15.0 Å². The maximum atomic E-state index is 12.8. The standard InChI is InChI=1S/C18H24N4O5S/c1-5-27-18(24)16-12(2)22(4)13(3)17(16)28(25,26)21-11-15(23)20-10-14-7-6-8-19-9-14/h6-9,21H,5,10-11H2,1-4H3,(H,20,23). The van der Waals surface area contributed by atoms with Crippen molar-refractivity contribution in [1.29, 1.82) is 0 Å². The molecule has 0 aliphatic carbocycles. The van der Waals surface area contributed by atoms with Crippen molar-refractivity contribution >= 4 is 21.9 Å². The summed E-state index contributed by atoms with van der Waals surface area (Å²) in [6.45, 7) is 4.76. The highest BCUT2D eigenvalue weighted by molar-refractivity contribution is 7.89. The molecule has 2 rings (SSSR count). The Morgan fingerprint density at radius 1 is 1.25 bits per heavy atom. The average Bonchev–Trinajstić information content (AvgIpc) is 2.90. The Morgan fingerprint density at radius 3 is 2.57 bits per heavy atom. The molecule has 152 valence electrons. The van der Waals surface area contributed by atoms with Gasteiger partial charge in [-0.3, -0.25) is 9.78 Å². The number of carbonyl (C=O) groups is 2. The van der Waals surface area contributed by atoms with Crippen molar-refractivity contribution in [2.24, 2.45) is 7.05 Å². The van der Waals surface area contributed by atoms with Gasteiger partial charge in [0.25, 0.3) is 0 Å². The summed E-state index contributed by atoms with van der Waals surface area (Å²) >= 11 is 0. The second-order valence-corrected chi connectivity index (χ2v) is 7.82. The van der Waals surface area contributed by atoms with Gasteiger partial charge in [-0.2, -0.15) is 0 Å². The maximum Gasteiger partial charge on any atom is 0.341 e. The van der Waals surface area contributed by atoms with Crippen molar-refractivity contribution in [2.75, 3.05) is 13.2 Å². The zero-order valence-corrected chi connectivity index (χ0v) is 17.1. The van der Waals surface area contributed by atoms with Gasteiger partial charge in [0, 0.05) is 37.4 Å². The molecule has 0 aliphatic heterocycles. The number of sulfonamides is 1. The van der Waals surface area contributed by atoms with Gasteiger partial charge in [-0.25, -0.2) is 17.9 Å². The van der Waals surface area contributed by atoms with E-state index < -0.39 is 28.4 Å². The highest BCUT2D eigenvalue weighted by atomic mass is 32.2. The summed E-state index contributed by atoms with van der Waals surface area (Å²) in [5, 5.41) is 2.61. The van der Waals surface area contributed by atoms with E-state index in [1.54, 1.807) is 56.9 Å². The van der Waals surface area contributed by atoms with Gasteiger partial charge in [0.05, 0.1) is 13.2 Å². The molecule has 0 bridgehead atoms. The lowest BCUT2D eigenvalue weighted by molar-refractivity contribution is -0.120. The third kappa shape index (κ3) is 4.76. The summed E-state index contributed by atoms with van der Waals surface area (Å²) in [5.41, 5.74) is 1.61. The Kier molecular flexibility index (Phi) is 6.92. The molecule has 28 heavy (non-hydrogen) atoms. The SMILES string of the molecule is CCOC(=O)c1c(S(=O)(=O)NCC(=O)NCc2cccnc2)c(C)n(C)c1C. The number of ether oxygens (including phenoxy) is 1. The second-order valence-electron chi connectivity index (χ2n) is 6.12. The molecule has 0 aliphatic rings. The monoisotopic (exact) mass is 408 g/mol. The van der Waals surface area contributed by atoms with Gasteiger partial charge in [0.2, 0.25) is 15.9 Å². The lowest BCUT2D eigenvalue weighted by Gasteiger charge is -2.10. The minimum atomic E-state index is -4.11. The van der Waals surface area contributed by atoms with Crippen LogP contribution in [0.2, 0.25) is 0 Å². The Bertz CT molecular complexity index is 968. The number of nitrogens with one attached hydrogen (secondary N) is 2. The van der Waals surface area contributed by atoms with Crippen LogP contribution < -0.4 is 10.0 Å². The topological polar surface area (TPSA) is 119 Å². The zero-order chi connectivity index (χ0) is 20.9. The van der Waals surface area contributed by atoms with Crippen LogP contribution in [0.15, 0.2) is 29.4 Å². The third-order valence-corrected chi connectivity index (χ3v) is 5.87. The van der Waals surface area contributed by atoms with E-state index in [0.29, 0.717) is 11.4 Å². The molecule has 2 heterocycles. The fraction of sp³-hybridized carbons (Fsp3) is 0.389. The van der Waals surface area contributed by atoms with Crippen molar-refractivity contribution in [3.63, 3.8) is 0 Å². The summed E-state index contributed by atoms with van der Waals surface area (Å²) in [6, 6.07) is 3.53. The lowest BCUT2D eigenvalue weighted by Crippen LogP contribution is -2.37. The van der Waals surface area contributed by atoms with Gasteiger partial charge in [0.15, 0.2) is 0 Å². The van der Waals surface area contributed by atoms with Crippen LogP contribution in [0.4, 0.5) is 0 Å². The van der Waals surface area contributed by atoms with Crippen molar-refractivity contribution in [2.45, 2.75) is 32.2 Å². The Hall–Kier alpha value is -2.72. The number of esters is 1. The minimum absolute atomic E-state index is 0.0230. The van der Waals surface area contributed by atoms with E-state index in [0.717, 1.165) is 5.56 Å². The molecule has 0 spiro atoms. The first-order valence-electron chi connectivity index (χ1n) is 8.67. The van der Waals surface area contributed by atoms with E-state index in [4.69, 9.17) is 4.74 Å². The van der Waals surface area contributed by atoms with Crippen LogP contribution in [0.3, 0.4) is 0 Å². The average molecular weight is 408 g/mol. The van der Waals surface area contributed by atoms with Gasteiger partial charge in [-0.15, -0.1) is 0 Å². The number of carbonyl (C=O) groups excluding carboxylic acids is 2. The third-order valence-electron chi connectivity index (χ3n) is 4.31. The van der Waals surface area contributed by atoms with Crippen molar-refractivity contribution in [1.82, 2.24) is 19.6 Å². The Morgan fingerprint density at radius 2 is 1.96 bits per heavy atom. The molecule has 0 radical (unpaired) electrons. The first-order chi connectivity index (χ1) is 13.2. The van der Waals surface area contributed by atoms with Crippen LogP contribution in [-0.2, 0) is 33.1 Å². The Balaban J connectivity index is 2.15. The van der Waals surface area contributed by atoms with Crippen LogP contribution in [-0.4, -0.2) is 43.0 Å². The smallest absolute Gasteiger partial charge is 0.341 e. The molecule has 0 atom stereocenters. The molecule has 0 saturated heterocycles. The van der Waals surface area contributed by atoms with E-state index in [1.165, 1.54) is 0 Å². The van der Waals surface area contributed by atoms with Crippen LogP contribution in [0, 0.1) is 13.8 Å². The molecule has 1 amide bonds. The van der Waals surface area contributed by atoms with Crippen molar-refractivity contribution in [3.05, 3.63) is 47.0 Å². The number of amides is 1. The van der Waals surface area contributed by atoms with Gasteiger partial charge in [-0.05, 0) is 32.4 Å². The highest BCUT2D eigenvalue weighted by Gasteiger charge is 2.31. The number of aromatic nitrogens is 2. The molecule has 9 nitrogen and oxygen atoms in total. The zero-order valence-electron chi connectivity index (χ0n) is 16.3. The van der Waals surface area contributed by atoms with Gasteiger partial charge in [0.1, 0.15) is 10.5 Å². The quantitative estimate of drug-likeness (QED) is 0.624. The van der Waals surface area contributed by atoms with E-state index in [-0.39, 0.29) is 23.6 Å². The molecule has 2 aromatic rings. The fourth-order valence-electron chi connectivity index (χ4n) is 2.69. The maximum absolute atomic E-state index is 12.8. The van der Waals surface area contributed by atoms with E-state index >= 15 is 0 Å². The largest absolute Gasteiger partial charge is 0.462 e. The summed E-state index contributed by atoms with van der Waals surface area (Å²) in [5.74, 6) is -1.22. The van der Waals surface area contributed by atoms with Gasteiger partial charge in [-0.1, -0.05) is 6.07 Å². The summed E-state index contributed by atoms with van der Waals surface area (Å²) in [6.07, 6.45) is 3.22. The highest BCUT2D eigenvalue weighted by Crippen LogP contribution is 2.26. The molecule has 0 fully saturated rings. The Labute approximate surface area is 164 Å². The number of hydrogen-bond acceptors (Lipinski definition) is 6. The molecule has 0 unspecified atom stereocenters. The lowest BCUT2D eigenvalue weighted by atomic mass is 10.2. The summed E-state index contributed by atoms with van der Waals surface area (Å²) in [7, 11) is -2.45. The minimum Gasteiger partial charge on any atom is -0.462 e. The van der Waals surface area contributed by atoms with Crippen LogP contribution in [0.1, 0.15) is 34.2 Å². The van der Waals surface area contributed by atoms with Crippen LogP contribution in [0.5, 0.6) is 0 Å². The van der Waals surface area contributed by atoms with E-state index in [9.17, 15) is 18.0 Å². The van der Waals surface area contributed by atoms with E-state index in [1.807, 2.05) is 0 Å². The first kappa shape index (κ1) is 21.6. The molecule has 2 N–H and O–H groups in total. The van der Waals surface area contributed by atoms with Crippen LogP contribution >= 0.6 is 0 Å². The predicted molar refractivity (Wildman–Crippen MR) is 102 cm³/mol. The predicted octanol–water partition coefficient (Wildman–Crippen LogP) is 0.808. The van der Waals surface area contributed by atoms with Gasteiger partial charge < -0.3 is 14.6 Å². The first-order valence-corrected chi connectivity index (χ1v) is 10.2. The molecule has 10 heteroatoms. The van der Waals surface area contributed by atoms with Gasteiger partial charge >= 0.3 is 5.97 Å². The normalized spacial score (nSPS) is 11.3. The number of nitrogens with zero attached hydrogens (tertiary/aromatic N) is 2. The number of hydrogen-bond donors (Lipinski definition) is 2. The molecular weight excluding hydrogens is 384 g/mol. The molecule has 0 aromatic carbocycles. The molecule has 2 aromatic heterocycles. The molecule has 0 saturated carbocycles.